The quantitative estimate of drug-likeness (QED) is 0.808. The third-order valence-electron chi connectivity index (χ3n) is 2.73. The van der Waals surface area contributed by atoms with Gasteiger partial charge in [0.15, 0.2) is 0 Å². The molecule has 3 nitrogen and oxygen atoms in total. The second kappa shape index (κ2) is 6.21. The molecule has 0 bridgehead atoms. The van der Waals surface area contributed by atoms with E-state index in [-0.39, 0.29) is 11.9 Å². The van der Waals surface area contributed by atoms with Gasteiger partial charge in [-0.15, -0.1) is 0 Å². The Morgan fingerprint density at radius 3 is 2.88 bits per heavy atom. The maximum atomic E-state index is 11.6. The van der Waals surface area contributed by atoms with Gasteiger partial charge in [-0.3, -0.25) is 4.79 Å². The Kier molecular flexibility index (Phi) is 4.33. The number of hydrogen-bond donors (Lipinski definition) is 1. The van der Waals surface area contributed by atoms with Crippen LogP contribution in [-0.2, 0) is 9.53 Å². The van der Waals surface area contributed by atoms with E-state index in [1.807, 2.05) is 36.4 Å². The van der Waals surface area contributed by atoms with Crippen molar-refractivity contribution in [2.24, 2.45) is 0 Å². The Morgan fingerprint density at radius 1 is 1.35 bits per heavy atom. The Morgan fingerprint density at radius 2 is 2.18 bits per heavy atom. The SMILES string of the molecule is O=C(C=Cc1ccccc1)N[C@H]1CCCOC1. The van der Waals surface area contributed by atoms with E-state index in [2.05, 4.69) is 5.32 Å². The average molecular weight is 231 g/mol. The fraction of sp³-hybridized carbons (Fsp3) is 0.357. The van der Waals surface area contributed by atoms with Gasteiger partial charge in [0.05, 0.1) is 12.6 Å². The smallest absolute Gasteiger partial charge is 0.244 e. The summed E-state index contributed by atoms with van der Waals surface area (Å²) < 4.78 is 5.31. The van der Waals surface area contributed by atoms with Crippen molar-refractivity contribution in [1.29, 1.82) is 0 Å². The van der Waals surface area contributed by atoms with Crippen LogP contribution < -0.4 is 5.32 Å². The highest BCUT2D eigenvalue weighted by Crippen LogP contribution is 2.06. The first-order valence-electron chi connectivity index (χ1n) is 5.96. The van der Waals surface area contributed by atoms with Gasteiger partial charge in [0.1, 0.15) is 0 Å². The molecule has 0 unspecified atom stereocenters. The van der Waals surface area contributed by atoms with Crippen LogP contribution in [-0.4, -0.2) is 25.2 Å². The van der Waals surface area contributed by atoms with E-state index in [0.717, 1.165) is 25.0 Å². The molecule has 2 rings (SSSR count). The lowest BCUT2D eigenvalue weighted by Crippen LogP contribution is -2.39. The highest BCUT2D eigenvalue weighted by atomic mass is 16.5. The van der Waals surface area contributed by atoms with E-state index in [1.54, 1.807) is 6.08 Å². The first-order chi connectivity index (χ1) is 8.34. The maximum Gasteiger partial charge on any atom is 0.244 e. The molecule has 1 aromatic rings. The summed E-state index contributed by atoms with van der Waals surface area (Å²) in [5.41, 5.74) is 1.03. The van der Waals surface area contributed by atoms with Crippen molar-refractivity contribution in [2.45, 2.75) is 18.9 Å². The molecule has 1 aliphatic rings. The van der Waals surface area contributed by atoms with Crippen LogP contribution in [0, 0.1) is 0 Å². The summed E-state index contributed by atoms with van der Waals surface area (Å²) >= 11 is 0. The highest BCUT2D eigenvalue weighted by molar-refractivity contribution is 5.91. The molecule has 0 saturated carbocycles. The number of amides is 1. The zero-order valence-electron chi connectivity index (χ0n) is 9.76. The third kappa shape index (κ3) is 4.04. The molecule has 1 aromatic carbocycles. The Labute approximate surface area is 101 Å². The van der Waals surface area contributed by atoms with E-state index in [0.29, 0.717) is 6.61 Å². The van der Waals surface area contributed by atoms with Gasteiger partial charge < -0.3 is 10.1 Å². The van der Waals surface area contributed by atoms with Crippen LogP contribution in [0.15, 0.2) is 36.4 Å². The van der Waals surface area contributed by atoms with Crippen molar-refractivity contribution in [1.82, 2.24) is 5.32 Å². The lowest BCUT2D eigenvalue weighted by Gasteiger charge is -2.22. The summed E-state index contributed by atoms with van der Waals surface area (Å²) in [5, 5.41) is 2.94. The molecule has 0 aromatic heterocycles. The number of rotatable bonds is 3. The van der Waals surface area contributed by atoms with Gasteiger partial charge in [-0.05, 0) is 24.5 Å². The lowest BCUT2D eigenvalue weighted by atomic mass is 10.1. The summed E-state index contributed by atoms with van der Waals surface area (Å²) in [6, 6.07) is 9.95. The van der Waals surface area contributed by atoms with Gasteiger partial charge in [-0.25, -0.2) is 0 Å². The van der Waals surface area contributed by atoms with Gasteiger partial charge in [0.2, 0.25) is 5.91 Å². The summed E-state index contributed by atoms with van der Waals surface area (Å²) in [6.07, 6.45) is 5.42. The number of carbonyl (C=O) groups excluding carboxylic acids is 1. The van der Waals surface area contributed by atoms with Gasteiger partial charge in [-0.1, -0.05) is 30.3 Å². The van der Waals surface area contributed by atoms with E-state index in [1.165, 1.54) is 0 Å². The van der Waals surface area contributed by atoms with E-state index >= 15 is 0 Å². The minimum absolute atomic E-state index is 0.0515. The number of carbonyl (C=O) groups is 1. The van der Waals surface area contributed by atoms with Crippen LogP contribution in [0.3, 0.4) is 0 Å². The van der Waals surface area contributed by atoms with Crippen molar-refractivity contribution in [3.8, 4) is 0 Å². The van der Waals surface area contributed by atoms with Gasteiger partial charge in [-0.2, -0.15) is 0 Å². The Bertz CT molecular complexity index is 380. The fourth-order valence-electron chi connectivity index (χ4n) is 1.84. The molecule has 0 spiro atoms. The minimum atomic E-state index is -0.0515. The molecule has 1 N–H and O–H groups in total. The van der Waals surface area contributed by atoms with Gasteiger partial charge >= 0.3 is 0 Å². The maximum absolute atomic E-state index is 11.6. The second-order valence-electron chi connectivity index (χ2n) is 4.17. The molecule has 1 fully saturated rings. The molecule has 1 aliphatic heterocycles. The molecule has 0 radical (unpaired) electrons. The number of ether oxygens (including phenoxy) is 1. The number of hydrogen-bond acceptors (Lipinski definition) is 2. The fourth-order valence-corrected chi connectivity index (χ4v) is 1.84. The van der Waals surface area contributed by atoms with Crippen LogP contribution in [0.4, 0.5) is 0 Å². The first-order valence-corrected chi connectivity index (χ1v) is 5.96. The molecule has 1 saturated heterocycles. The summed E-state index contributed by atoms with van der Waals surface area (Å²) in [4.78, 5) is 11.6. The molecule has 0 aliphatic carbocycles. The average Bonchev–Trinajstić information content (AvgIpc) is 2.39. The zero-order valence-corrected chi connectivity index (χ0v) is 9.76. The number of benzene rings is 1. The summed E-state index contributed by atoms with van der Waals surface area (Å²) in [5.74, 6) is -0.0515. The normalized spacial score (nSPS) is 20.4. The van der Waals surface area contributed by atoms with E-state index < -0.39 is 0 Å². The molecular formula is C14H17NO2. The lowest BCUT2D eigenvalue weighted by molar-refractivity contribution is -0.118. The molecule has 1 heterocycles. The predicted molar refractivity (Wildman–Crippen MR) is 67.5 cm³/mol. The summed E-state index contributed by atoms with van der Waals surface area (Å²) in [7, 11) is 0. The minimum Gasteiger partial charge on any atom is -0.379 e. The van der Waals surface area contributed by atoms with Crippen molar-refractivity contribution >= 4 is 12.0 Å². The van der Waals surface area contributed by atoms with Crippen LogP contribution in [0.5, 0.6) is 0 Å². The highest BCUT2D eigenvalue weighted by Gasteiger charge is 2.14. The molecule has 1 amide bonds. The predicted octanol–water partition coefficient (Wildman–Crippen LogP) is 2.00. The molecule has 17 heavy (non-hydrogen) atoms. The molecule has 3 heteroatoms. The van der Waals surface area contributed by atoms with Crippen LogP contribution in [0.2, 0.25) is 0 Å². The van der Waals surface area contributed by atoms with Crippen LogP contribution in [0.25, 0.3) is 6.08 Å². The van der Waals surface area contributed by atoms with E-state index in [9.17, 15) is 4.79 Å². The van der Waals surface area contributed by atoms with Crippen molar-refractivity contribution in [2.75, 3.05) is 13.2 Å². The standard InChI is InChI=1S/C14H17NO2/c16-14(15-13-7-4-10-17-11-13)9-8-12-5-2-1-3-6-12/h1-3,5-6,8-9,13H,4,7,10-11H2,(H,15,16)/t13-/m0/s1. The molecule has 90 valence electrons. The van der Waals surface area contributed by atoms with Crippen molar-refractivity contribution < 1.29 is 9.53 Å². The molecule has 1 atom stereocenters. The van der Waals surface area contributed by atoms with Crippen molar-refractivity contribution in [3.05, 3.63) is 42.0 Å². The van der Waals surface area contributed by atoms with E-state index in [4.69, 9.17) is 4.74 Å². The van der Waals surface area contributed by atoms with Gasteiger partial charge in [0.25, 0.3) is 0 Å². The Hall–Kier alpha value is -1.61. The second-order valence-corrected chi connectivity index (χ2v) is 4.17. The van der Waals surface area contributed by atoms with Gasteiger partial charge in [0, 0.05) is 12.7 Å². The monoisotopic (exact) mass is 231 g/mol. The summed E-state index contributed by atoms with van der Waals surface area (Å²) in [6.45, 7) is 1.44. The van der Waals surface area contributed by atoms with Crippen LogP contribution in [0.1, 0.15) is 18.4 Å². The largest absolute Gasteiger partial charge is 0.379 e. The molecular weight excluding hydrogens is 214 g/mol. The van der Waals surface area contributed by atoms with Crippen molar-refractivity contribution in [3.63, 3.8) is 0 Å². The first kappa shape index (κ1) is 11.9. The topological polar surface area (TPSA) is 38.3 Å². The zero-order chi connectivity index (χ0) is 11.9. The van der Waals surface area contributed by atoms with Crippen LogP contribution >= 0.6 is 0 Å². The number of nitrogens with one attached hydrogen (secondary N) is 1. The third-order valence-corrected chi connectivity index (χ3v) is 2.73. The Balaban J connectivity index is 1.82.